The van der Waals surface area contributed by atoms with E-state index in [9.17, 15) is 4.39 Å². The summed E-state index contributed by atoms with van der Waals surface area (Å²) < 4.78 is 13.8. The van der Waals surface area contributed by atoms with Gasteiger partial charge >= 0.3 is 0 Å². The van der Waals surface area contributed by atoms with Gasteiger partial charge in [-0.1, -0.05) is 32.3 Å². The summed E-state index contributed by atoms with van der Waals surface area (Å²) in [5.41, 5.74) is 1.15. The Morgan fingerprint density at radius 1 is 1.42 bits per heavy atom. The highest BCUT2D eigenvalue weighted by molar-refractivity contribution is 9.10. The van der Waals surface area contributed by atoms with E-state index in [0.29, 0.717) is 10.5 Å². The molecule has 0 bridgehead atoms. The Kier molecular flexibility index (Phi) is 5.40. The molecule has 1 fully saturated rings. The molecule has 1 nitrogen and oxygen atoms in total. The number of nitrogens with one attached hydrogen (secondary N) is 1. The van der Waals surface area contributed by atoms with E-state index in [4.69, 9.17) is 0 Å². The Bertz CT molecular complexity index is 421. The molecule has 0 heterocycles. The quantitative estimate of drug-likeness (QED) is 0.800. The van der Waals surface area contributed by atoms with Gasteiger partial charge in [0.15, 0.2) is 0 Å². The smallest absolute Gasteiger partial charge is 0.137 e. The minimum Gasteiger partial charge on any atom is -0.307 e. The monoisotopic (exact) mass is 327 g/mol. The SMILES string of the molecule is CCC1CCCC(NC(C)c2ccc(F)c(Br)c2)C1. The summed E-state index contributed by atoms with van der Waals surface area (Å²) in [6.07, 6.45) is 6.54. The Hall–Kier alpha value is -0.410. The van der Waals surface area contributed by atoms with Crippen molar-refractivity contribution in [1.29, 1.82) is 0 Å². The van der Waals surface area contributed by atoms with Crippen molar-refractivity contribution in [2.75, 3.05) is 0 Å². The predicted molar refractivity (Wildman–Crippen MR) is 81.7 cm³/mol. The largest absolute Gasteiger partial charge is 0.307 e. The van der Waals surface area contributed by atoms with Crippen molar-refractivity contribution in [2.45, 2.75) is 58.0 Å². The molecule has 3 atom stereocenters. The molecule has 0 spiro atoms. The lowest BCUT2D eigenvalue weighted by molar-refractivity contribution is 0.266. The van der Waals surface area contributed by atoms with E-state index >= 15 is 0 Å². The van der Waals surface area contributed by atoms with Gasteiger partial charge in [-0.05, 0) is 59.3 Å². The molecule has 1 aromatic carbocycles. The molecule has 0 radical (unpaired) electrons. The van der Waals surface area contributed by atoms with Gasteiger partial charge in [-0.15, -0.1) is 0 Å². The van der Waals surface area contributed by atoms with Crippen molar-refractivity contribution in [1.82, 2.24) is 5.32 Å². The molecule has 0 amide bonds. The average molecular weight is 328 g/mol. The lowest BCUT2D eigenvalue weighted by Gasteiger charge is -2.31. The fourth-order valence-electron chi connectivity index (χ4n) is 3.04. The standard InChI is InChI=1S/C16H23BrFN/c1-3-12-5-4-6-14(9-12)19-11(2)13-7-8-16(18)15(17)10-13/h7-8,10-12,14,19H,3-6,9H2,1-2H3. The third-order valence-corrected chi connectivity index (χ3v) is 4.90. The summed E-state index contributed by atoms with van der Waals surface area (Å²) in [7, 11) is 0. The summed E-state index contributed by atoms with van der Waals surface area (Å²) in [5, 5.41) is 3.70. The molecule has 1 aromatic rings. The fraction of sp³-hybridized carbons (Fsp3) is 0.625. The highest BCUT2D eigenvalue weighted by Gasteiger charge is 2.22. The van der Waals surface area contributed by atoms with Gasteiger partial charge in [0.1, 0.15) is 5.82 Å². The fourth-order valence-corrected chi connectivity index (χ4v) is 3.44. The highest BCUT2D eigenvalue weighted by atomic mass is 79.9. The molecular weight excluding hydrogens is 305 g/mol. The number of rotatable bonds is 4. The summed E-state index contributed by atoms with van der Waals surface area (Å²) in [6.45, 7) is 4.45. The summed E-state index contributed by atoms with van der Waals surface area (Å²) in [5.74, 6) is 0.679. The molecule has 1 aliphatic carbocycles. The molecule has 3 unspecified atom stereocenters. The molecular formula is C16H23BrFN. The number of halogens is 2. The number of hydrogen-bond donors (Lipinski definition) is 1. The Morgan fingerprint density at radius 3 is 2.89 bits per heavy atom. The van der Waals surface area contributed by atoms with E-state index in [1.807, 2.05) is 12.1 Å². The van der Waals surface area contributed by atoms with E-state index in [-0.39, 0.29) is 11.9 Å². The zero-order valence-corrected chi connectivity index (χ0v) is 13.3. The van der Waals surface area contributed by atoms with Gasteiger partial charge in [-0.3, -0.25) is 0 Å². The van der Waals surface area contributed by atoms with Crippen LogP contribution in [-0.2, 0) is 0 Å². The van der Waals surface area contributed by atoms with E-state index in [1.165, 1.54) is 38.2 Å². The molecule has 0 aromatic heterocycles. The van der Waals surface area contributed by atoms with Crippen LogP contribution in [0.5, 0.6) is 0 Å². The molecule has 1 N–H and O–H groups in total. The van der Waals surface area contributed by atoms with Crippen molar-refractivity contribution in [2.24, 2.45) is 5.92 Å². The highest BCUT2D eigenvalue weighted by Crippen LogP contribution is 2.29. The molecule has 0 aliphatic heterocycles. The molecule has 106 valence electrons. The van der Waals surface area contributed by atoms with Gasteiger partial charge in [-0.2, -0.15) is 0 Å². The number of hydrogen-bond acceptors (Lipinski definition) is 1. The van der Waals surface area contributed by atoms with Gasteiger partial charge < -0.3 is 5.32 Å². The average Bonchev–Trinajstić information content (AvgIpc) is 2.42. The van der Waals surface area contributed by atoms with E-state index < -0.39 is 0 Å². The van der Waals surface area contributed by atoms with E-state index in [1.54, 1.807) is 0 Å². The van der Waals surface area contributed by atoms with Gasteiger partial charge in [0.2, 0.25) is 0 Å². The summed E-state index contributed by atoms with van der Waals surface area (Å²) >= 11 is 3.26. The first-order chi connectivity index (χ1) is 9.10. The molecule has 19 heavy (non-hydrogen) atoms. The predicted octanol–water partition coefficient (Wildman–Crippen LogP) is 5.21. The maximum absolute atomic E-state index is 13.3. The van der Waals surface area contributed by atoms with Crippen LogP contribution in [0.2, 0.25) is 0 Å². The molecule has 0 saturated heterocycles. The zero-order valence-electron chi connectivity index (χ0n) is 11.8. The van der Waals surface area contributed by atoms with Gasteiger partial charge in [0.25, 0.3) is 0 Å². The van der Waals surface area contributed by atoms with E-state index in [0.717, 1.165) is 11.5 Å². The van der Waals surface area contributed by atoms with Crippen molar-refractivity contribution >= 4 is 15.9 Å². The number of benzene rings is 1. The second-order valence-electron chi connectivity index (χ2n) is 5.70. The third-order valence-electron chi connectivity index (χ3n) is 4.29. The second-order valence-corrected chi connectivity index (χ2v) is 6.55. The van der Waals surface area contributed by atoms with Gasteiger partial charge in [0.05, 0.1) is 4.47 Å². The van der Waals surface area contributed by atoms with Crippen LogP contribution >= 0.6 is 15.9 Å². The van der Waals surface area contributed by atoms with Gasteiger partial charge in [0, 0.05) is 12.1 Å². The first-order valence-corrected chi connectivity index (χ1v) is 8.10. The normalized spacial score (nSPS) is 25.3. The topological polar surface area (TPSA) is 12.0 Å². The molecule has 1 saturated carbocycles. The Balaban J connectivity index is 1.96. The molecule has 1 aliphatic rings. The lowest BCUT2D eigenvalue weighted by Crippen LogP contribution is -2.35. The van der Waals surface area contributed by atoms with Crippen LogP contribution in [0.1, 0.15) is 57.6 Å². The van der Waals surface area contributed by atoms with Crippen LogP contribution in [0.25, 0.3) is 0 Å². The zero-order chi connectivity index (χ0) is 13.8. The van der Waals surface area contributed by atoms with Crippen LogP contribution in [0.3, 0.4) is 0 Å². The van der Waals surface area contributed by atoms with Crippen LogP contribution in [0.15, 0.2) is 22.7 Å². The van der Waals surface area contributed by atoms with Crippen molar-refractivity contribution in [3.05, 3.63) is 34.1 Å². The van der Waals surface area contributed by atoms with Crippen LogP contribution < -0.4 is 5.32 Å². The van der Waals surface area contributed by atoms with Crippen LogP contribution in [0.4, 0.5) is 4.39 Å². The van der Waals surface area contributed by atoms with Crippen LogP contribution in [-0.4, -0.2) is 6.04 Å². The van der Waals surface area contributed by atoms with Crippen molar-refractivity contribution in [3.8, 4) is 0 Å². The van der Waals surface area contributed by atoms with E-state index in [2.05, 4.69) is 35.1 Å². The van der Waals surface area contributed by atoms with Crippen molar-refractivity contribution < 1.29 is 4.39 Å². The maximum Gasteiger partial charge on any atom is 0.137 e. The summed E-state index contributed by atoms with van der Waals surface area (Å²) in [4.78, 5) is 0. The maximum atomic E-state index is 13.3. The Morgan fingerprint density at radius 2 is 2.21 bits per heavy atom. The lowest BCUT2D eigenvalue weighted by atomic mass is 9.84. The van der Waals surface area contributed by atoms with Crippen LogP contribution in [0, 0.1) is 11.7 Å². The minimum atomic E-state index is -0.195. The first kappa shape index (κ1) is 15.0. The van der Waals surface area contributed by atoms with Crippen molar-refractivity contribution in [3.63, 3.8) is 0 Å². The minimum absolute atomic E-state index is 0.195. The molecule has 3 heteroatoms. The first-order valence-electron chi connectivity index (χ1n) is 7.31. The Labute approximate surface area is 124 Å². The second kappa shape index (κ2) is 6.85. The summed E-state index contributed by atoms with van der Waals surface area (Å²) in [6, 6.07) is 6.17. The van der Waals surface area contributed by atoms with Gasteiger partial charge in [-0.25, -0.2) is 4.39 Å². The molecule has 2 rings (SSSR count). The third kappa shape index (κ3) is 4.03.